The van der Waals surface area contributed by atoms with Crippen LogP contribution in [0.25, 0.3) is 0 Å². The van der Waals surface area contributed by atoms with E-state index in [-0.39, 0.29) is 5.82 Å². The number of alkyl halides is 3. The van der Waals surface area contributed by atoms with Crippen LogP contribution in [0.15, 0.2) is 18.3 Å². The number of fused-ring (bicyclic) bond motifs is 1. The molecule has 1 unspecified atom stereocenters. The van der Waals surface area contributed by atoms with Crippen molar-refractivity contribution in [3.8, 4) is 0 Å². The number of rotatable bonds is 1. The molecule has 0 spiro atoms. The molecule has 0 saturated carbocycles. The number of halogens is 3. The van der Waals surface area contributed by atoms with Gasteiger partial charge in [-0.05, 0) is 31.4 Å². The maximum atomic E-state index is 12.7. The molecule has 3 heterocycles. The fraction of sp³-hybridized carbons (Fsp3) is 0.462. The molecule has 0 aromatic carbocycles. The summed E-state index contributed by atoms with van der Waals surface area (Å²) in [4.78, 5) is 30.4. The fourth-order valence-corrected chi connectivity index (χ4v) is 2.72. The third-order valence-corrected chi connectivity index (χ3v) is 3.75. The number of amides is 3. The molecular weight excluding hydrogens is 287 g/mol. The average Bonchev–Trinajstić information content (AvgIpc) is 2.71. The highest BCUT2D eigenvalue weighted by molar-refractivity contribution is 6.20. The van der Waals surface area contributed by atoms with E-state index < -0.39 is 29.7 Å². The molecule has 2 aliphatic rings. The van der Waals surface area contributed by atoms with E-state index in [0.29, 0.717) is 13.0 Å². The molecule has 2 saturated heterocycles. The zero-order chi connectivity index (χ0) is 15.2. The normalized spacial score (nSPS) is 22.7. The molecule has 2 aliphatic heterocycles. The molecule has 8 heteroatoms. The van der Waals surface area contributed by atoms with Gasteiger partial charge in [-0.15, -0.1) is 0 Å². The summed E-state index contributed by atoms with van der Waals surface area (Å²) in [7, 11) is 0. The second-order valence-electron chi connectivity index (χ2n) is 5.06. The Balaban J connectivity index is 1.97. The minimum Gasteiger partial charge on any atom is -0.312 e. The lowest BCUT2D eigenvalue weighted by Gasteiger charge is -2.25. The number of pyridine rings is 1. The van der Waals surface area contributed by atoms with Crippen LogP contribution < -0.4 is 4.90 Å². The number of anilines is 1. The Bertz CT molecular complexity index is 579. The standard InChI is InChI=1S/C13H12F3N3O2/c14-13(15,16)8-4-5-17-10(7-8)19-11(20)9-3-1-2-6-18(9)12(19)21/h4-5,7,9H,1-3,6H2. The SMILES string of the molecule is O=C1C2CCCCN2C(=O)N1c1cc(C(F)(F)F)ccn1. The van der Waals surface area contributed by atoms with Crippen molar-refractivity contribution in [2.45, 2.75) is 31.5 Å². The van der Waals surface area contributed by atoms with E-state index in [1.165, 1.54) is 4.90 Å². The van der Waals surface area contributed by atoms with Crippen LogP contribution >= 0.6 is 0 Å². The van der Waals surface area contributed by atoms with Gasteiger partial charge in [0, 0.05) is 12.7 Å². The van der Waals surface area contributed by atoms with Gasteiger partial charge < -0.3 is 4.90 Å². The highest BCUT2D eigenvalue weighted by atomic mass is 19.4. The van der Waals surface area contributed by atoms with E-state index >= 15 is 0 Å². The van der Waals surface area contributed by atoms with Crippen molar-refractivity contribution in [2.75, 3.05) is 11.4 Å². The summed E-state index contributed by atoms with van der Waals surface area (Å²) in [5.41, 5.74) is -0.932. The summed E-state index contributed by atoms with van der Waals surface area (Å²) in [5.74, 6) is -0.763. The van der Waals surface area contributed by atoms with Gasteiger partial charge in [-0.2, -0.15) is 13.2 Å². The van der Waals surface area contributed by atoms with E-state index in [2.05, 4.69) is 4.98 Å². The van der Waals surface area contributed by atoms with Crippen molar-refractivity contribution in [3.05, 3.63) is 23.9 Å². The zero-order valence-electron chi connectivity index (χ0n) is 10.9. The number of hydrogen-bond donors (Lipinski definition) is 0. The van der Waals surface area contributed by atoms with Gasteiger partial charge in [0.25, 0.3) is 5.91 Å². The molecule has 112 valence electrons. The summed E-state index contributed by atoms with van der Waals surface area (Å²) >= 11 is 0. The molecule has 0 aliphatic carbocycles. The Hall–Kier alpha value is -2.12. The van der Waals surface area contributed by atoms with Crippen LogP contribution in [-0.2, 0) is 11.0 Å². The first-order valence-electron chi connectivity index (χ1n) is 6.57. The second kappa shape index (κ2) is 4.71. The summed E-state index contributed by atoms with van der Waals surface area (Å²) in [6.07, 6.45) is -1.43. The van der Waals surface area contributed by atoms with Crippen molar-refractivity contribution in [1.82, 2.24) is 9.88 Å². The molecule has 3 amide bonds. The largest absolute Gasteiger partial charge is 0.416 e. The third kappa shape index (κ3) is 2.24. The van der Waals surface area contributed by atoms with Crippen molar-refractivity contribution in [2.24, 2.45) is 0 Å². The van der Waals surface area contributed by atoms with Gasteiger partial charge in [0.05, 0.1) is 5.56 Å². The summed E-state index contributed by atoms with van der Waals surface area (Å²) < 4.78 is 38.2. The lowest BCUT2D eigenvalue weighted by molar-refractivity contribution is -0.137. The van der Waals surface area contributed by atoms with E-state index in [1.54, 1.807) is 0 Å². The molecule has 0 N–H and O–H groups in total. The minimum absolute atomic E-state index is 0.269. The van der Waals surface area contributed by atoms with Crippen LogP contribution in [-0.4, -0.2) is 34.4 Å². The van der Waals surface area contributed by atoms with E-state index in [0.717, 1.165) is 36.1 Å². The van der Waals surface area contributed by atoms with Crippen LogP contribution in [0, 0.1) is 0 Å². The van der Waals surface area contributed by atoms with E-state index in [4.69, 9.17) is 0 Å². The van der Waals surface area contributed by atoms with Crippen molar-refractivity contribution >= 4 is 17.8 Å². The third-order valence-electron chi connectivity index (χ3n) is 3.75. The Labute approximate surface area is 118 Å². The van der Waals surface area contributed by atoms with Crippen molar-refractivity contribution in [1.29, 1.82) is 0 Å². The van der Waals surface area contributed by atoms with Crippen LogP contribution in [0.5, 0.6) is 0 Å². The molecule has 3 rings (SSSR count). The van der Waals surface area contributed by atoms with Gasteiger partial charge in [0.1, 0.15) is 11.9 Å². The second-order valence-corrected chi connectivity index (χ2v) is 5.06. The molecular formula is C13H12F3N3O2. The van der Waals surface area contributed by atoms with Crippen LogP contribution in [0.4, 0.5) is 23.8 Å². The first-order chi connectivity index (χ1) is 9.89. The topological polar surface area (TPSA) is 53.5 Å². The smallest absolute Gasteiger partial charge is 0.312 e. The number of carbonyl (C=O) groups excluding carboxylic acids is 2. The van der Waals surface area contributed by atoms with Gasteiger partial charge in [0.15, 0.2) is 0 Å². The first-order valence-corrected chi connectivity index (χ1v) is 6.57. The number of hydrogen-bond acceptors (Lipinski definition) is 3. The van der Waals surface area contributed by atoms with Crippen LogP contribution in [0.1, 0.15) is 24.8 Å². The lowest BCUT2D eigenvalue weighted by atomic mass is 10.0. The fourth-order valence-electron chi connectivity index (χ4n) is 2.72. The molecule has 1 aromatic rings. The average molecular weight is 299 g/mol. The number of urea groups is 1. The Morgan fingerprint density at radius 2 is 2.00 bits per heavy atom. The Morgan fingerprint density at radius 3 is 2.67 bits per heavy atom. The maximum absolute atomic E-state index is 12.7. The van der Waals surface area contributed by atoms with E-state index in [1.807, 2.05) is 0 Å². The predicted molar refractivity (Wildman–Crippen MR) is 66.5 cm³/mol. The Kier molecular flexibility index (Phi) is 3.11. The van der Waals surface area contributed by atoms with Crippen molar-refractivity contribution < 1.29 is 22.8 Å². The molecule has 0 bridgehead atoms. The lowest BCUT2D eigenvalue weighted by Crippen LogP contribution is -2.39. The molecule has 5 nitrogen and oxygen atoms in total. The molecule has 2 fully saturated rings. The van der Waals surface area contributed by atoms with Gasteiger partial charge in [-0.1, -0.05) is 0 Å². The van der Waals surface area contributed by atoms with E-state index in [9.17, 15) is 22.8 Å². The minimum atomic E-state index is -4.55. The summed E-state index contributed by atoms with van der Waals surface area (Å²) in [6.45, 7) is 0.449. The molecule has 1 atom stereocenters. The van der Waals surface area contributed by atoms with Crippen molar-refractivity contribution in [3.63, 3.8) is 0 Å². The number of aromatic nitrogens is 1. The van der Waals surface area contributed by atoms with Crippen LogP contribution in [0.3, 0.4) is 0 Å². The van der Waals surface area contributed by atoms with Gasteiger partial charge in [0.2, 0.25) is 0 Å². The maximum Gasteiger partial charge on any atom is 0.416 e. The molecule has 1 aromatic heterocycles. The number of carbonyl (C=O) groups is 2. The molecule has 0 radical (unpaired) electrons. The highest BCUT2D eigenvalue weighted by Gasteiger charge is 2.47. The monoisotopic (exact) mass is 299 g/mol. The zero-order valence-corrected chi connectivity index (χ0v) is 10.9. The first kappa shape index (κ1) is 13.8. The highest BCUT2D eigenvalue weighted by Crippen LogP contribution is 2.33. The van der Waals surface area contributed by atoms with Gasteiger partial charge >= 0.3 is 12.2 Å². The van der Waals surface area contributed by atoms with Crippen LogP contribution in [0.2, 0.25) is 0 Å². The molecule has 21 heavy (non-hydrogen) atoms. The summed E-state index contributed by atoms with van der Waals surface area (Å²) in [5, 5.41) is 0. The van der Waals surface area contributed by atoms with Gasteiger partial charge in [-0.3, -0.25) is 4.79 Å². The quantitative estimate of drug-likeness (QED) is 0.748. The number of piperidine rings is 1. The predicted octanol–water partition coefficient (Wildman–Crippen LogP) is 2.42. The Morgan fingerprint density at radius 1 is 1.24 bits per heavy atom. The number of imide groups is 1. The van der Waals surface area contributed by atoms with Gasteiger partial charge in [-0.25, -0.2) is 14.7 Å². The number of nitrogens with zero attached hydrogens (tertiary/aromatic N) is 3. The summed E-state index contributed by atoms with van der Waals surface area (Å²) in [6, 6.07) is 0.384.